The molecule has 6 atom stereocenters. The largest absolute Gasteiger partial charge is 0.481 e. The second-order valence-electron chi connectivity index (χ2n) is 9.73. The van der Waals surface area contributed by atoms with Gasteiger partial charge in [0.05, 0.1) is 12.2 Å². The number of hydrogen-bond acceptors (Lipinski definition) is 8. The molecular formula is C25H37NO8. The number of β-amino-alcohol motifs (C(OH)–C–C–N with tert-alkyl or cyclic N) is 1. The van der Waals surface area contributed by atoms with Gasteiger partial charge in [0, 0.05) is 48.9 Å². The van der Waals surface area contributed by atoms with Gasteiger partial charge in [0.1, 0.15) is 6.10 Å². The number of carbonyl (C=O) groups excluding carboxylic acids is 2. The normalized spacial score (nSPS) is 33.4. The summed E-state index contributed by atoms with van der Waals surface area (Å²) < 4.78 is 5.85. The molecule has 2 fully saturated rings. The van der Waals surface area contributed by atoms with Crippen LogP contribution >= 0.6 is 0 Å². The summed E-state index contributed by atoms with van der Waals surface area (Å²) in [5.41, 5.74) is -0.355. The molecule has 1 aliphatic carbocycles. The van der Waals surface area contributed by atoms with E-state index in [0.29, 0.717) is 37.8 Å². The Kier molecular flexibility index (Phi) is 8.67. The van der Waals surface area contributed by atoms with E-state index in [0.717, 1.165) is 6.42 Å². The Labute approximate surface area is 199 Å². The van der Waals surface area contributed by atoms with Crippen LogP contribution in [0.3, 0.4) is 0 Å². The quantitative estimate of drug-likeness (QED) is 0.196. The van der Waals surface area contributed by atoms with Crippen LogP contribution in [0.25, 0.3) is 0 Å². The van der Waals surface area contributed by atoms with Crippen LogP contribution in [-0.2, 0) is 19.1 Å². The number of carboxylic acid groups (broad SMARTS) is 1. The van der Waals surface area contributed by atoms with Gasteiger partial charge in [0.2, 0.25) is 11.6 Å². The maximum absolute atomic E-state index is 12.9. The van der Waals surface area contributed by atoms with Gasteiger partial charge >= 0.3 is 5.97 Å². The van der Waals surface area contributed by atoms with Crippen molar-refractivity contribution in [2.75, 3.05) is 6.54 Å². The summed E-state index contributed by atoms with van der Waals surface area (Å²) >= 11 is 0. The van der Waals surface area contributed by atoms with Gasteiger partial charge in [-0.1, -0.05) is 38.3 Å². The van der Waals surface area contributed by atoms with Crippen LogP contribution < -0.4 is 5.32 Å². The number of carbonyl (C=O) groups is 3. The van der Waals surface area contributed by atoms with Gasteiger partial charge in [-0.3, -0.25) is 14.4 Å². The minimum atomic E-state index is -2.11. The van der Waals surface area contributed by atoms with E-state index >= 15 is 0 Å². The second-order valence-corrected chi connectivity index (χ2v) is 9.73. The summed E-state index contributed by atoms with van der Waals surface area (Å²) in [5.74, 6) is -4.36. The van der Waals surface area contributed by atoms with Crippen LogP contribution in [0, 0.1) is 11.3 Å². The molecule has 1 spiro atoms. The molecule has 2 heterocycles. The van der Waals surface area contributed by atoms with Crippen LogP contribution in [0.15, 0.2) is 23.9 Å². The number of aliphatic carboxylic acids is 1. The van der Waals surface area contributed by atoms with Crippen molar-refractivity contribution in [2.45, 2.75) is 95.2 Å². The Hall–Kier alpha value is -2.07. The van der Waals surface area contributed by atoms with Crippen LogP contribution in [0.5, 0.6) is 0 Å². The lowest BCUT2D eigenvalue weighted by atomic mass is 9.58. The first-order valence-corrected chi connectivity index (χ1v) is 12.3. The van der Waals surface area contributed by atoms with Crippen LogP contribution in [0.1, 0.15) is 71.1 Å². The maximum atomic E-state index is 12.9. The lowest BCUT2D eigenvalue weighted by Crippen LogP contribution is -2.63. The zero-order valence-corrected chi connectivity index (χ0v) is 19.7. The third-order valence-electron chi connectivity index (χ3n) is 7.42. The summed E-state index contributed by atoms with van der Waals surface area (Å²) in [7, 11) is 0. The molecule has 0 aromatic rings. The number of nitrogens with one attached hydrogen (secondary N) is 1. The van der Waals surface area contributed by atoms with Gasteiger partial charge in [-0.25, -0.2) is 0 Å². The molecule has 3 aliphatic rings. The number of rotatable bonds is 13. The molecule has 0 saturated carbocycles. The van der Waals surface area contributed by atoms with Gasteiger partial charge in [-0.05, 0) is 25.7 Å². The van der Waals surface area contributed by atoms with Crippen molar-refractivity contribution in [2.24, 2.45) is 11.3 Å². The number of aliphatic hydroxyl groups is 3. The van der Waals surface area contributed by atoms with Crippen LogP contribution in [0.2, 0.25) is 0 Å². The third kappa shape index (κ3) is 5.43. The summed E-state index contributed by atoms with van der Waals surface area (Å²) in [6.45, 7) is 2.24. The Balaban J connectivity index is 1.71. The lowest BCUT2D eigenvalue weighted by Gasteiger charge is -2.54. The van der Waals surface area contributed by atoms with E-state index in [1.165, 1.54) is 6.08 Å². The molecular weight excluding hydrogens is 442 g/mol. The molecule has 5 N–H and O–H groups in total. The van der Waals surface area contributed by atoms with Crippen molar-refractivity contribution < 1.29 is 39.5 Å². The highest BCUT2D eigenvalue weighted by Gasteiger charge is 2.66. The fourth-order valence-corrected chi connectivity index (χ4v) is 5.62. The number of allylic oxidation sites excluding steroid dienone is 2. The van der Waals surface area contributed by atoms with Crippen molar-refractivity contribution in [3.05, 3.63) is 23.9 Å². The highest BCUT2D eigenvalue weighted by molar-refractivity contribution is 5.98. The minimum absolute atomic E-state index is 0.0763. The first-order chi connectivity index (χ1) is 16.1. The first kappa shape index (κ1) is 26.5. The number of ether oxygens (including phenoxy) is 1. The lowest BCUT2D eigenvalue weighted by molar-refractivity contribution is -0.286. The molecule has 190 valence electrons. The Bertz CT molecular complexity index is 839. The van der Waals surface area contributed by atoms with Crippen LogP contribution in [0.4, 0.5) is 0 Å². The average Bonchev–Trinajstić information content (AvgIpc) is 3.07. The van der Waals surface area contributed by atoms with Gasteiger partial charge in [-0.15, -0.1) is 0 Å². The fourth-order valence-electron chi connectivity index (χ4n) is 5.62. The predicted octanol–water partition coefficient (Wildman–Crippen LogP) is 1.60. The zero-order valence-electron chi connectivity index (χ0n) is 19.7. The third-order valence-corrected chi connectivity index (χ3v) is 7.42. The van der Waals surface area contributed by atoms with Gasteiger partial charge in [0.15, 0.2) is 5.78 Å². The van der Waals surface area contributed by atoms with E-state index in [4.69, 9.17) is 9.84 Å². The van der Waals surface area contributed by atoms with E-state index in [1.54, 1.807) is 0 Å². The molecule has 9 heteroatoms. The number of fused-ring (bicyclic) bond motifs is 1. The monoisotopic (exact) mass is 479 g/mol. The molecule has 2 aliphatic heterocycles. The van der Waals surface area contributed by atoms with Crippen molar-refractivity contribution in [1.29, 1.82) is 0 Å². The Morgan fingerprint density at radius 2 is 2.00 bits per heavy atom. The minimum Gasteiger partial charge on any atom is -0.481 e. The maximum Gasteiger partial charge on any atom is 0.303 e. The van der Waals surface area contributed by atoms with Gasteiger partial charge in [0.25, 0.3) is 0 Å². The van der Waals surface area contributed by atoms with Gasteiger partial charge < -0.3 is 30.5 Å². The van der Waals surface area contributed by atoms with Crippen molar-refractivity contribution in [3.63, 3.8) is 0 Å². The summed E-state index contributed by atoms with van der Waals surface area (Å²) in [6, 6.07) is 0. The highest BCUT2D eigenvalue weighted by atomic mass is 16.6. The Morgan fingerprint density at radius 3 is 2.71 bits per heavy atom. The molecule has 1 unspecified atom stereocenters. The van der Waals surface area contributed by atoms with Crippen molar-refractivity contribution in [1.82, 2.24) is 5.32 Å². The number of carboxylic acids is 1. The van der Waals surface area contributed by atoms with Crippen molar-refractivity contribution >= 4 is 17.5 Å². The summed E-state index contributed by atoms with van der Waals surface area (Å²) in [6.07, 6.45) is 6.35. The number of ketones is 2. The average molecular weight is 480 g/mol. The second kappa shape index (κ2) is 11.1. The number of unbranched alkanes of at least 4 members (excludes halogenated alkanes) is 3. The molecule has 9 nitrogen and oxygen atoms in total. The molecule has 0 aromatic heterocycles. The summed E-state index contributed by atoms with van der Waals surface area (Å²) in [4.78, 5) is 36.1. The molecule has 34 heavy (non-hydrogen) atoms. The van der Waals surface area contributed by atoms with E-state index in [9.17, 15) is 29.7 Å². The summed E-state index contributed by atoms with van der Waals surface area (Å²) in [5, 5.41) is 44.2. The van der Waals surface area contributed by atoms with Gasteiger partial charge in [-0.2, -0.15) is 0 Å². The first-order valence-electron chi connectivity index (χ1n) is 12.3. The molecule has 2 bridgehead atoms. The van der Waals surface area contributed by atoms with Crippen LogP contribution in [-0.4, -0.2) is 68.6 Å². The van der Waals surface area contributed by atoms with E-state index in [2.05, 4.69) is 5.32 Å². The smallest absolute Gasteiger partial charge is 0.303 e. The molecule has 0 radical (unpaired) electrons. The molecule has 2 saturated heterocycles. The van der Waals surface area contributed by atoms with E-state index in [1.807, 2.05) is 19.1 Å². The topological polar surface area (TPSA) is 153 Å². The van der Waals surface area contributed by atoms with E-state index in [-0.39, 0.29) is 38.1 Å². The Morgan fingerprint density at radius 1 is 1.26 bits per heavy atom. The number of Topliss-reactive ketones (excluding diaryl/α,β-unsaturated/α-hetero) is 1. The highest BCUT2D eigenvalue weighted by Crippen LogP contribution is 2.57. The fraction of sp³-hybridized carbons (Fsp3) is 0.720. The predicted molar refractivity (Wildman–Crippen MR) is 122 cm³/mol. The SMILES string of the molecule is CC/C=C\C[C@H]1[C@H](CC(=O)[C@H](O)CCCCCCC(=O)O)O[C@@]2(O)CC13C(=CC2=O)NC[C@H]3O. The van der Waals surface area contributed by atoms with E-state index < -0.39 is 47.0 Å². The molecule has 0 amide bonds. The zero-order chi connectivity index (χ0) is 24.9. The molecule has 0 aromatic carbocycles. The molecule has 3 rings (SSSR count). The standard InChI is InChI=1S/C25H37NO8/c1-2-3-6-9-16-19(12-18(28)17(27)10-7-4-5-8-11-23(31)32)34-25(33)15-24(16)20(13-21(25)29)26-14-22(24)30/h3,6,13,16-17,19,22,26-27,30,33H,2,4-5,7-12,14-15H2,1H3,(H,31,32)/b6-3-/t16-,17+,19-,22+,24?,25-/m0/s1. The number of aliphatic hydroxyl groups excluding tert-OH is 2. The van der Waals surface area contributed by atoms with Crippen molar-refractivity contribution in [3.8, 4) is 0 Å². The number of hydrogen-bond donors (Lipinski definition) is 5.